The average Bonchev–Trinajstić information content (AvgIpc) is 3.21. The van der Waals surface area contributed by atoms with Crippen molar-refractivity contribution in [2.75, 3.05) is 20.1 Å². The quantitative estimate of drug-likeness (QED) is 0.605. The van der Waals surface area contributed by atoms with Gasteiger partial charge in [0.05, 0.1) is 0 Å². The fourth-order valence-electron chi connectivity index (χ4n) is 3.79. The molecule has 0 radical (unpaired) electrons. The molecule has 2 N–H and O–H groups in total. The summed E-state index contributed by atoms with van der Waals surface area (Å²) in [5, 5.41) is 6.79. The molecular weight excluding hydrogens is 371 g/mol. The first-order valence-corrected chi connectivity index (χ1v) is 9.59. The molecule has 0 spiro atoms. The SMILES string of the molecule is CN=C(NCc1cc(F)cc(Br)c1)NC1CCN(C2CCCC2)C1. The van der Waals surface area contributed by atoms with Gasteiger partial charge in [-0.3, -0.25) is 9.89 Å². The van der Waals surface area contributed by atoms with Gasteiger partial charge in [0.2, 0.25) is 0 Å². The van der Waals surface area contributed by atoms with Crippen LogP contribution in [0.5, 0.6) is 0 Å². The molecular formula is C18H26BrFN4. The van der Waals surface area contributed by atoms with Crippen molar-refractivity contribution in [1.82, 2.24) is 15.5 Å². The Bertz CT molecular complexity index is 566. The van der Waals surface area contributed by atoms with Crippen LogP contribution >= 0.6 is 15.9 Å². The lowest BCUT2D eigenvalue weighted by atomic mass is 10.2. The summed E-state index contributed by atoms with van der Waals surface area (Å²) >= 11 is 3.33. The molecule has 0 aromatic heterocycles. The van der Waals surface area contributed by atoms with Crippen molar-refractivity contribution in [3.05, 3.63) is 34.1 Å². The largest absolute Gasteiger partial charge is 0.352 e. The molecule has 1 aliphatic heterocycles. The number of hydrogen-bond donors (Lipinski definition) is 2. The monoisotopic (exact) mass is 396 g/mol. The van der Waals surface area contributed by atoms with E-state index in [1.54, 1.807) is 13.1 Å². The normalized spacial score (nSPS) is 23.0. The molecule has 1 heterocycles. The van der Waals surface area contributed by atoms with Crippen LogP contribution in [0.2, 0.25) is 0 Å². The summed E-state index contributed by atoms with van der Waals surface area (Å²) in [6.45, 7) is 2.82. The summed E-state index contributed by atoms with van der Waals surface area (Å²) in [4.78, 5) is 6.93. The van der Waals surface area contributed by atoms with E-state index in [9.17, 15) is 4.39 Å². The van der Waals surface area contributed by atoms with Crippen LogP contribution in [-0.2, 0) is 6.54 Å². The molecule has 1 atom stereocenters. The first-order valence-electron chi connectivity index (χ1n) is 8.80. The van der Waals surface area contributed by atoms with Crippen LogP contribution < -0.4 is 10.6 Å². The number of guanidine groups is 1. The Morgan fingerprint density at radius 1 is 1.29 bits per heavy atom. The van der Waals surface area contributed by atoms with Gasteiger partial charge < -0.3 is 10.6 Å². The van der Waals surface area contributed by atoms with Crippen molar-refractivity contribution >= 4 is 21.9 Å². The number of halogens is 2. The molecule has 1 saturated heterocycles. The minimum absolute atomic E-state index is 0.230. The van der Waals surface area contributed by atoms with Gasteiger partial charge in [-0.1, -0.05) is 28.8 Å². The summed E-state index contributed by atoms with van der Waals surface area (Å²) in [6.07, 6.45) is 6.63. The molecule has 24 heavy (non-hydrogen) atoms. The number of rotatable bonds is 4. The molecule has 1 aromatic carbocycles. The Balaban J connectivity index is 1.48. The Kier molecular flexibility index (Phi) is 6.11. The number of hydrogen-bond acceptors (Lipinski definition) is 2. The van der Waals surface area contributed by atoms with Crippen LogP contribution in [0, 0.1) is 5.82 Å². The molecule has 0 amide bonds. The maximum atomic E-state index is 13.4. The van der Waals surface area contributed by atoms with Crippen molar-refractivity contribution in [2.45, 2.75) is 50.7 Å². The molecule has 1 unspecified atom stereocenters. The van der Waals surface area contributed by atoms with E-state index in [2.05, 4.69) is 36.5 Å². The highest BCUT2D eigenvalue weighted by atomic mass is 79.9. The van der Waals surface area contributed by atoms with Crippen molar-refractivity contribution in [2.24, 2.45) is 4.99 Å². The maximum Gasteiger partial charge on any atom is 0.191 e. The Hall–Kier alpha value is -1.14. The van der Waals surface area contributed by atoms with E-state index >= 15 is 0 Å². The van der Waals surface area contributed by atoms with E-state index in [4.69, 9.17) is 0 Å². The second-order valence-corrected chi connectivity index (χ2v) is 7.68. The van der Waals surface area contributed by atoms with Crippen LogP contribution in [-0.4, -0.2) is 43.1 Å². The molecule has 4 nitrogen and oxygen atoms in total. The molecule has 0 bridgehead atoms. The van der Waals surface area contributed by atoms with Gasteiger partial charge in [-0.15, -0.1) is 0 Å². The van der Waals surface area contributed by atoms with Crippen molar-refractivity contribution in [3.63, 3.8) is 0 Å². The smallest absolute Gasteiger partial charge is 0.191 e. The highest BCUT2D eigenvalue weighted by molar-refractivity contribution is 9.10. The number of likely N-dealkylation sites (tertiary alicyclic amines) is 1. The predicted molar refractivity (Wildman–Crippen MR) is 99.7 cm³/mol. The van der Waals surface area contributed by atoms with Crippen LogP contribution in [0.15, 0.2) is 27.7 Å². The molecule has 1 aromatic rings. The Labute approximate surface area is 152 Å². The zero-order valence-electron chi connectivity index (χ0n) is 14.2. The highest BCUT2D eigenvalue weighted by Gasteiger charge is 2.30. The molecule has 2 aliphatic rings. The molecule has 132 valence electrons. The number of aliphatic imine (C=N–C) groups is 1. The van der Waals surface area contributed by atoms with E-state index in [1.165, 1.54) is 38.3 Å². The predicted octanol–water partition coefficient (Wildman–Crippen LogP) is 3.27. The van der Waals surface area contributed by atoms with Crippen molar-refractivity contribution in [3.8, 4) is 0 Å². The van der Waals surface area contributed by atoms with E-state index in [-0.39, 0.29) is 5.82 Å². The average molecular weight is 397 g/mol. The molecule has 3 rings (SSSR count). The summed E-state index contributed by atoms with van der Waals surface area (Å²) in [7, 11) is 1.78. The van der Waals surface area contributed by atoms with Gasteiger partial charge in [0.1, 0.15) is 5.82 Å². The number of nitrogens with one attached hydrogen (secondary N) is 2. The van der Waals surface area contributed by atoms with Crippen molar-refractivity contribution in [1.29, 1.82) is 0 Å². The van der Waals surface area contributed by atoms with Gasteiger partial charge in [0, 0.05) is 43.2 Å². The van der Waals surface area contributed by atoms with Crippen LogP contribution in [0.3, 0.4) is 0 Å². The lowest BCUT2D eigenvalue weighted by Crippen LogP contribution is -2.45. The van der Waals surface area contributed by atoms with Crippen molar-refractivity contribution < 1.29 is 4.39 Å². The zero-order chi connectivity index (χ0) is 16.9. The lowest BCUT2D eigenvalue weighted by Gasteiger charge is -2.24. The fourth-order valence-corrected chi connectivity index (χ4v) is 4.31. The first kappa shape index (κ1) is 17.7. The summed E-state index contributed by atoms with van der Waals surface area (Å²) < 4.78 is 14.2. The third-order valence-corrected chi connectivity index (χ3v) is 5.47. The van der Waals surface area contributed by atoms with Crippen LogP contribution in [0.25, 0.3) is 0 Å². The second kappa shape index (κ2) is 8.30. The molecule has 1 saturated carbocycles. The Morgan fingerprint density at radius 2 is 2.08 bits per heavy atom. The third-order valence-electron chi connectivity index (χ3n) is 5.01. The van der Waals surface area contributed by atoms with Gasteiger partial charge in [0.25, 0.3) is 0 Å². The number of benzene rings is 1. The first-order chi connectivity index (χ1) is 11.6. The fraction of sp³-hybridized carbons (Fsp3) is 0.611. The number of nitrogens with zero attached hydrogens (tertiary/aromatic N) is 2. The van der Waals surface area contributed by atoms with E-state index in [1.807, 2.05) is 6.07 Å². The van der Waals surface area contributed by atoms with E-state index in [0.29, 0.717) is 12.6 Å². The van der Waals surface area contributed by atoms with Gasteiger partial charge in [-0.2, -0.15) is 0 Å². The summed E-state index contributed by atoms with van der Waals surface area (Å²) in [5.74, 6) is 0.556. The third kappa shape index (κ3) is 4.70. The summed E-state index contributed by atoms with van der Waals surface area (Å²) in [6, 6.07) is 6.16. The standard InChI is InChI=1S/C18H26BrFN4/c1-21-18(22-11-13-8-14(19)10-15(20)9-13)23-16-6-7-24(12-16)17-4-2-3-5-17/h8-10,16-17H,2-7,11-12H2,1H3,(H2,21,22,23). The minimum atomic E-state index is -0.230. The minimum Gasteiger partial charge on any atom is -0.352 e. The van der Waals surface area contributed by atoms with Crippen LogP contribution in [0.1, 0.15) is 37.7 Å². The maximum absolute atomic E-state index is 13.4. The lowest BCUT2D eigenvalue weighted by molar-refractivity contribution is 0.242. The summed E-state index contributed by atoms with van der Waals surface area (Å²) in [5.41, 5.74) is 0.892. The molecule has 1 aliphatic carbocycles. The van der Waals surface area contributed by atoms with E-state index < -0.39 is 0 Å². The van der Waals surface area contributed by atoms with Gasteiger partial charge in [-0.05, 0) is 43.0 Å². The topological polar surface area (TPSA) is 39.7 Å². The van der Waals surface area contributed by atoms with Gasteiger partial charge >= 0.3 is 0 Å². The highest BCUT2D eigenvalue weighted by Crippen LogP contribution is 2.26. The van der Waals surface area contributed by atoms with Crippen LogP contribution in [0.4, 0.5) is 4.39 Å². The molecule has 6 heteroatoms. The zero-order valence-corrected chi connectivity index (χ0v) is 15.8. The van der Waals surface area contributed by atoms with Gasteiger partial charge in [-0.25, -0.2) is 4.39 Å². The van der Waals surface area contributed by atoms with Gasteiger partial charge in [0.15, 0.2) is 5.96 Å². The molecule has 2 fully saturated rings. The van der Waals surface area contributed by atoms with E-state index in [0.717, 1.165) is 35.0 Å². The Morgan fingerprint density at radius 3 is 2.79 bits per heavy atom. The second-order valence-electron chi connectivity index (χ2n) is 6.77.